The van der Waals surface area contributed by atoms with Crippen LogP contribution in [-0.2, 0) is 0 Å². The van der Waals surface area contributed by atoms with E-state index in [1.165, 1.54) is 0 Å². The van der Waals surface area contributed by atoms with Gasteiger partial charge in [0.2, 0.25) is 0 Å². The van der Waals surface area contributed by atoms with E-state index in [4.69, 9.17) is 23.2 Å². The van der Waals surface area contributed by atoms with Crippen LogP contribution >= 0.6 is 23.2 Å². The molecular weight excluding hydrogens is 497 g/mol. The summed E-state index contributed by atoms with van der Waals surface area (Å²) >= 11 is 12.6. The van der Waals surface area contributed by atoms with Crippen molar-refractivity contribution in [3.05, 3.63) is 57.7 Å². The number of piperazine rings is 1. The molecule has 36 heavy (non-hydrogen) atoms. The summed E-state index contributed by atoms with van der Waals surface area (Å²) in [6.45, 7) is 11.0. The molecule has 2 aromatic rings. The molecule has 3 heterocycles. The van der Waals surface area contributed by atoms with Crippen molar-refractivity contribution in [2.75, 3.05) is 44.2 Å². The second kappa shape index (κ2) is 11.8. The molecule has 1 atom stereocenters. The molecule has 2 aliphatic heterocycles. The molecule has 0 unspecified atom stereocenters. The van der Waals surface area contributed by atoms with Crippen molar-refractivity contribution in [2.45, 2.75) is 45.7 Å². The highest BCUT2D eigenvalue weighted by atomic mass is 35.5. The van der Waals surface area contributed by atoms with E-state index in [0.29, 0.717) is 45.7 Å². The number of hydrogen-bond acceptors (Lipinski definition) is 5. The van der Waals surface area contributed by atoms with E-state index in [0.717, 1.165) is 51.4 Å². The van der Waals surface area contributed by atoms with Crippen molar-refractivity contribution in [1.82, 2.24) is 20.1 Å². The molecule has 1 N–H and O–H groups in total. The molecule has 0 aliphatic carbocycles. The third kappa shape index (κ3) is 5.96. The predicted molar refractivity (Wildman–Crippen MR) is 145 cm³/mol. The molecule has 2 amide bonds. The number of hydrogen-bond donors (Lipinski definition) is 1. The van der Waals surface area contributed by atoms with Crippen LogP contribution in [0.25, 0.3) is 0 Å². The molecule has 1 aromatic heterocycles. The second-order valence-corrected chi connectivity index (χ2v) is 10.8. The van der Waals surface area contributed by atoms with Gasteiger partial charge in [-0.2, -0.15) is 0 Å². The third-order valence-electron chi connectivity index (χ3n) is 7.26. The van der Waals surface area contributed by atoms with Gasteiger partial charge >= 0.3 is 0 Å². The number of nitrogens with one attached hydrogen (secondary N) is 1. The topological polar surface area (TPSA) is 68.8 Å². The van der Waals surface area contributed by atoms with Gasteiger partial charge in [0.1, 0.15) is 5.82 Å². The SMILES string of the molecule is CCNC(=O)c1cnc(N2CCN(C3CCN(C(=O)c4ccc(Cl)cc4)CC3)[C@@H](C(C)C)C2)c(Cl)c1. The van der Waals surface area contributed by atoms with Crippen LogP contribution in [0.3, 0.4) is 0 Å². The van der Waals surface area contributed by atoms with Crippen molar-refractivity contribution in [2.24, 2.45) is 5.92 Å². The van der Waals surface area contributed by atoms with Gasteiger partial charge in [-0.25, -0.2) is 4.98 Å². The standard InChI is InChI=1S/C27H35Cl2N5O2/c1-4-30-26(35)20-15-23(29)25(31-16-20)33-13-14-34(24(17-33)18(2)3)22-9-11-32(12-10-22)27(36)19-5-7-21(28)8-6-19/h5-8,15-16,18,22,24H,4,9-14,17H2,1-3H3,(H,30,35)/t24-/m1/s1. The van der Waals surface area contributed by atoms with Crippen LogP contribution in [0.4, 0.5) is 5.82 Å². The first-order valence-corrected chi connectivity index (χ1v) is 13.5. The fraction of sp³-hybridized carbons (Fsp3) is 0.519. The molecule has 2 aliphatic rings. The first kappa shape index (κ1) is 26.7. The number of halogens is 2. The zero-order chi connectivity index (χ0) is 25.8. The molecule has 2 fully saturated rings. The average molecular weight is 533 g/mol. The third-order valence-corrected chi connectivity index (χ3v) is 7.79. The van der Waals surface area contributed by atoms with E-state index in [2.05, 4.69) is 33.9 Å². The molecule has 0 spiro atoms. The van der Waals surface area contributed by atoms with Gasteiger partial charge in [-0.3, -0.25) is 14.5 Å². The quantitative estimate of drug-likeness (QED) is 0.590. The molecule has 2 saturated heterocycles. The van der Waals surface area contributed by atoms with Gasteiger partial charge in [0.05, 0.1) is 10.6 Å². The lowest BCUT2D eigenvalue weighted by molar-refractivity contribution is 0.0398. The summed E-state index contributed by atoms with van der Waals surface area (Å²) in [6.07, 6.45) is 3.53. The Bertz CT molecular complexity index is 1070. The highest BCUT2D eigenvalue weighted by Gasteiger charge is 2.36. The number of nitrogens with zero attached hydrogens (tertiary/aromatic N) is 4. The minimum absolute atomic E-state index is 0.0760. The molecule has 9 heteroatoms. The van der Waals surface area contributed by atoms with Crippen LogP contribution in [-0.4, -0.2) is 78.0 Å². The van der Waals surface area contributed by atoms with Crippen molar-refractivity contribution in [3.63, 3.8) is 0 Å². The lowest BCUT2D eigenvalue weighted by Crippen LogP contribution is -2.60. The Hall–Kier alpha value is -2.35. The van der Waals surface area contributed by atoms with Crippen molar-refractivity contribution in [1.29, 1.82) is 0 Å². The summed E-state index contributed by atoms with van der Waals surface area (Å²) in [5.74, 6) is 1.10. The fourth-order valence-corrected chi connectivity index (χ4v) is 5.70. The largest absolute Gasteiger partial charge is 0.353 e. The number of benzene rings is 1. The minimum atomic E-state index is -0.163. The molecule has 0 bridgehead atoms. The number of piperidine rings is 1. The Labute approximate surface area is 223 Å². The van der Waals surface area contributed by atoms with Crippen LogP contribution in [0.5, 0.6) is 0 Å². The fourth-order valence-electron chi connectivity index (χ4n) is 5.29. The second-order valence-electron chi connectivity index (χ2n) is 9.91. The van der Waals surface area contributed by atoms with Gasteiger partial charge in [0.25, 0.3) is 11.8 Å². The van der Waals surface area contributed by atoms with E-state index in [1.54, 1.807) is 36.5 Å². The molecule has 194 valence electrons. The summed E-state index contributed by atoms with van der Waals surface area (Å²) in [6, 6.07) is 9.63. The smallest absolute Gasteiger partial charge is 0.253 e. The first-order chi connectivity index (χ1) is 17.3. The molecule has 4 rings (SSSR count). The number of likely N-dealkylation sites (tertiary alicyclic amines) is 1. The summed E-state index contributed by atoms with van der Waals surface area (Å²) < 4.78 is 0. The zero-order valence-electron chi connectivity index (χ0n) is 21.2. The number of carbonyl (C=O) groups is 2. The Morgan fingerprint density at radius 1 is 1.06 bits per heavy atom. The maximum Gasteiger partial charge on any atom is 0.253 e. The van der Waals surface area contributed by atoms with E-state index in [-0.39, 0.29) is 11.8 Å². The van der Waals surface area contributed by atoms with Crippen LogP contribution in [0.1, 0.15) is 54.3 Å². The Morgan fingerprint density at radius 2 is 1.75 bits per heavy atom. The van der Waals surface area contributed by atoms with Gasteiger partial charge in [0.15, 0.2) is 0 Å². The Morgan fingerprint density at radius 3 is 2.36 bits per heavy atom. The predicted octanol–water partition coefficient (Wildman–Crippen LogP) is 4.59. The lowest BCUT2D eigenvalue weighted by Gasteiger charge is -2.49. The number of aromatic nitrogens is 1. The normalized spacial score (nSPS) is 19.6. The number of anilines is 1. The van der Waals surface area contributed by atoms with E-state index in [9.17, 15) is 9.59 Å². The number of rotatable bonds is 6. The van der Waals surface area contributed by atoms with Gasteiger partial charge in [-0.1, -0.05) is 37.0 Å². The summed E-state index contributed by atoms with van der Waals surface area (Å²) in [4.78, 5) is 36.5. The van der Waals surface area contributed by atoms with Crippen molar-refractivity contribution >= 4 is 40.8 Å². The summed E-state index contributed by atoms with van der Waals surface area (Å²) in [5.41, 5.74) is 1.17. The molecule has 0 radical (unpaired) electrons. The Balaban J connectivity index is 1.39. The molecular formula is C27H35Cl2N5O2. The molecule has 1 aromatic carbocycles. The highest BCUT2D eigenvalue weighted by Crippen LogP contribution is 2.31. The van der Waals surface area contributed by atoms with Crippen LogP contribution in [0.2, 0.25) is 10.0 Å². The maximum absolute atomic E-state index is 12.9. The first-order valence-electron chi connectivity index (χ1n) is 12.8. The zero-order valence-corrected chi connectivity index (χ0v) is 22.7. The van der Waals surface area contributed by atoms with Gasteiger partial charge < -0.3 is 15.1 Å². The van der Waals surface area contributed by atoms with Gasteiger partial charge in [-0.15, -0.1) is 0 Å². The number of carbonyl (C=O) groups excluding carboxylic acids is 2. The summed E-state index contributed by atoms with van der Waals surface area (Å²) in [5, 5.41) is 3.93. The van der Waals surface area contributed by atoms with Gasteiger partial charge in [0, 0.05) is 68.1 Å². The lowest BCUT2D eigenvalue weighted by atomic mass is 9.93. The van der Waals surface area contributed by atoms with E-state index < -0.39 is 0 Å². The van der Waals surface area contributed by atoms with Gasteiger partial charge in [-0.05, 0) is 56.0 Å². The number of pyridine rings is 1. The minimum Gasteiger partial charge on any atom is -0.353 e. The monoisotopic (exact) mass is 531 g/mol. The van der Waals surface area contributed by atoms with E-state index >= 15 is 0 Å². The van der Waals surface area contributed by atoms with Crippen molar-refractivity contribution in [3.8, 4) is 0 Å². The molecule has 7 nitrogen and oxygen atoms in total. The van der Waals surface area contributed by atoms with Crippen LogP contribution in [0, 0.1) is 5.92 Å². The highest BCUT2D eigenvalue weighted by molar-refractivity contribution is 6.33. The number of amides is 2. The summed E-state index contributed by atoms with van der Waals surface area (Å²) in [7, 11) is 0. The Kier molecular flexibility index (Phi) is 8.75. The van der Waals surface area contributed by atoms with E-state index in [1.807, 2.05) is 11.8 Å². The van der Waals surface area contributed by atoms with Crippen LogP contribution < -0.4 is 10.2 Å². The molecule has 0 saturated carbocycles. The van der Waals surface area contributed by atoms with Crippen molar-refractivity contribution < 1.29 is 9.59 Å². The maximum atomic E-state index is 12.9. The van der Waals surface area contributed by atoms with Crippen LogP contribution in [0.15, 0.2) is 36.5 Å². The average Bonchev–Trinajstić information content (AvgIpc) is 2.88.